The average Bonchev–Trinajstić information content (AvgIpc) is 2.56. The van der Waals surface area contributed by atoms with Crippen molar-refractivity contribution in [3.63, 3.8) is 0 Å². The van der Waals surface area contributed by atoms with Crippen molar-refractivity contribution in [3.05, 3.63) is 84.4 Å². The van der Waals surface area contributed by atoms with Crippen molar-refractivity contribution < 1.29 is 9.18 Å². The quantitative estimate of drug-likeness (QED) is 0.788. The number of nitrogens with zero attached hydrogens (tertiary/aromatic N) is 1. The molecule has 3 nitrogen and oxygen atoms in total. The standard InChI is InChI=1S/C18H13FN2O/c19-16-10-17(12-20-11-16)21-18(22)15-8-6-14(7-9-15)13-4-2-1-3-5-13/h1-12H,(H,21,22). The van der Waals surface area contributed by atoms with E-state index in [0.29, 0.717) is 11.3 Å². The molecule has 0 aliphatic rings. The predicted octanol–water partition coefficient (Wildman–Crippen LogP) is 4.14. The number of rotatable bonds is 3. The van der Waals surface area contributed by atoms with Gasteiger partial charge in [-0.1, -0.05) is 42.5 Å². The third-order valence-electron chi connectivity index (χ3n) is 3.22. The van der Waals surface area contributed by atoms with E-state index in [9.17, 15) is 9.18 Å². The Kier molecular flexibility index (Phi) is 3.92. The number of carbonyl (C=O) groups excluding carboxylic acids is 1. The number of pyridine rings is 1. The van der Waals surface area contributed by atoms with Crippen molar-refractivity contribution in [2.75, 3.05) is 5.32 Å². The molecule has 1 N–H and O–H groups in total. The first-order chi connectivity index (χ1) is 10.7. The number of hydrogen-bond donors (Lipinski definition) is 1. The van der Waals surface area contributed by atoms with Gasteiger partial charge in [0.2, 0.25) is 0 Å². The number of nitrogens with one attached hydrogen (secondary N) is 1. The molecule has 0 radical (unpaired) electrons. The number of carbonyl (C=O) groups is 1. The number of halogens is 1. The molecule has 0 spiro atoms. The molecule has 108 valence electrons. The fourth-order valence-electron chi connectivity index (χ4n) is 2.13. The van der Waals surface area contributed by atoms with Crippen molar-refractivity contribution in [1.29, 1.82) is 0 Å². The lowest BCUT2D eigenvalue weighted by Gasteiger charge is -2.06. The van der Waals surface area contributed by atoms with Gasteiger partial charge in [-0.3, -0.25) is 9.78 Å². The van der Waals surface area contributed by atoms with Crippen LogP contribution in [0.25, 0.3) is 11.1 Å². The Morgan fingerprint density at radius 3 is 2.27 bits per heavy atom. The lowest BCUT2D eigenvalue weighted by atomic mass is 10.0. The highest BCUT2D eigenvalue weighted by Gasteiger charge is 2.07. The molecule has 0 bridgehead atoms. The number of hydrogen-bond acceptors (Lipinski definition) is 2. The molecule has 4 heteroatoms. The van der Waals surface area contributed by atoms with E-state index >= 15 is 0 Å². The molecular formula is C18H13FN2O. The van der Waals surface area contributed by atoms with E-state index in [0.717, 1.165) is 17.3 Å². The van der Waals surface area contributed by atoms with E-state index in [1.54, 1.807) is 12.1 Å². The fourth-order valence-corrected chi connectivity index (χ4v) is 2.13. The molecule has 1 heterocycles. The summed E-state index contributed by atoms with van der Waals surface area (Å²) in [5.74, 6) is -0.788. The maximum absolute atomic E-state index is 13.0. The van der Waals surface area contributed by atoms with E-state index in [-0.39, 0.29) is 5.91 Å². The summed E-state index contributed by atoms with van der Waals surface area (Å²) >= 11 is 0. The van der Waals surface area contributed by atoms with Crippen molar-refractivity contribution >= 4 is 11.6 Å². The number of amides is 1. The summed E-state index contributed by atoms with van der Waals surface area (Å²) in [6.07, 6.45) is 2.49. The van der Waals surface area contributed by atoms with Crippen LogP contribution in [0.3, 0.4) is 0 Å². The zero-order valence-electron chi connectivity index (χ0n) is 11.7. The first kappa shape index (κ1) is 13.9. The minimum Gasteiger partial charge on any atom is -0.320 e. The highest BCUT2D eigenvalue weighted by atomic mass is 19.1. The molecule has 2 aromatic carbocycles. The molecule has 22 heavy (non-hydrogen) atoms. The summed E-state index contributed by atoms with van der Waals surface area (Å²) in [6.45, 7) is 0. The van der Waals surface area contributed by atoms with Crippen LogP contribution < -0.4 is 5.32 Å². The van der Waals surface area contributed by atoms with Crippen molar-refractivity contribution in [3.8, 4) is 11.1 Å². The second-order valence-corrected chi connectivity index (χ2v) is 4.79. The van der Waals surface area contributed by atoms with Crippen LogP contribution >= 0.6 is 0 Å². The van der Waals surface area contributed by atoms with Crippen LogP contribution in [0.1, 0.15) is 10.4 Å². The van der Waals surface area contributed by atoms with E-state index < -0.39 is 5.82 Å². The molecule has 1 amide bonds. The molecule has 3 aromatic rings. The summed E-state index contributed by atoms with van der Waals surface area (Å²) in [5, 5.41) is 2.62. The Hall–Kier alpha value is -3.01. The smallest absolute Gasteiger partial charge is 0.255 e. The maximum atomic E-state index is 13.0. The molecule has 0 aliphatic carbocycles. The second-order valence-electron chi connectivity index (χ2n) is 4.79. The van der Waals surface area contributed by atoms with Crippen LogP contribution in [-0.4, -0.2) is 10.9 Å². The van der Waals surface area contributed by atoms with Gasteiger partial charge in [0.1, 0.15) is 5.82 Å². The van der Waals surface area contributed by atoms with Gasteiger partial charge in [-0.15, -0.1) is 0 Å². The van der Waals surface area contributed by atoms with Crippen LogP contribution in [0.5, 0.6) is 0 Å². The number of benzene rings is 2. The minimum absolute atomic E-state index is 0.299. The molecule has 3 rings (SSSR count). The van der Waals surface area contributed by atoms with Crippen molar-refractivity contribution in [2.45, 2.75) is 0 Å². The van der Waals surface area contributed by atoms with E-state index in [2.05, 4.69) is 10.3 Å². The average molecular weight is 292 g/mol. The van der Waals surface area contributed by atoms with Gasteiger partial charge in [0, 0.05) is 11.6 Å². The minimum atomic E-state index is -0.489. The lowest BCUT2D eigenvalue weighted by Crippen LogP contribution is -2.12. The van der Waals surface area contributed by atoms with Gasteiger partial charge in [-0.25, -0.2) is 4.39 Å². The van der Waals surface area contributed by atoms with Crippen molar-refractivity contribution in [1.82, 2.24) is 4.98 Å². The third kappa shape index (κ3) is 3.17. The normalized spacial score (nSPS) is 10.2. The summed E-state index contributed by atoms with van der Waals surface area (Å²) in [5.41, 5.74) is 2.95. The molecule has 0 atom stereocenters. The van der Waals surface area contributed by atoms with E-state index in [4.69, 9.17) is 0 Å². The van der Waals surface area contributed by atoms with Crippen LogP contribution in [0.2, 0.25) is 0 Å². The number of anilines is 1. The van der Waals surface area contributed by atoms with Gasteiger partial charge in [-0.05, 0) is 23.3 Å². The van der Waals surface area contributed by atoms with Gasteiger partial charge in [0.05, 0.1) is 18.1 Å². The molecule has 1 aromatic heterocycles. The Bertz CT molecular complexity index is 786. The summed E-state index contributed by atoms with van der Waals surface area (Å²) in [6, 6.07) is 18.4. The van der Waals surface area contributed by atoms with Gasteiger partial charge >= 0.3 is 0 Å². The van der Waals surface area contributed by atoms with E-state index in [1.165, 1.54) is 12.3 Å². The fraction of sp³-hybridized carbons (Fsp3) is 0. The topological polar surface area (TPSA) is 42.0 Å². The largest absolute Gasteiger partial charge is 0.320 e. The molecule has 0 saturated heterocycles. The molecular weight excluding hydrogens is 279 g/mol. The second kappa shape index (κ2) is 6.18. The Morgan fingerprint density at radius 2 is 1.59 bits per heavy atom. The molecule has 0 unspecified atom stereocenters. The van der Waals surface area contributed by atoms with Crippen LogP contribution in [-0.2, 0) is 0 Å². The van der Waals surface area contributed by atoms with Gasteiger partial charge in [0.15, 0.2) is 0 Å². The number of aromatic nitrogens is 1. The Morgan fingerprint density at radius 1 is 0.909 bits per heavy atom. The van der Waals surface area contributed by atoms with Gasteiger partial charge in [-0.2, -0.15) is 0 Å². The SMILES string of the molecule is O=C(Nc1cncc(F)c1)c1ccc(-c2ccccc2)cc1. The zero-order valence-corrected chi connectivity index (χ0v) is 11.7. The highest BCUT2D eigenvalue weighted by Crippen LogP contribution is 2.19. The van der Waals surface area contributed by atoms with Crippen LogP contribution in [0.4, 0.5) is 10.1 Å². The predicted molar refractivity (Wildman–Crippen MR) is 84.0 cm³/mol. The van der Waals surface area contributed by atoms with Gasteiger partial charge < -0.3 is 5.32 Å². The summed E-state index contributed by atoms with van der Waals surface area (Å²) in [7, 11) is 0. The summed E-state index contributed by atoms with van der Waals surface area (Å²) < 4.78 is 13.0. The van der Waals surface area contributed by atoms with E-state index in [1.807, 2.05) is 42.5 Å². The molecule has 0 saturated carbocycles. The van der Waals surface area contributed by atoms with Crippen LogP contribution in [0, 0.1) is 5.82 Å². The summed E-state index contributed by atoms with van der Waals surface area (Å²) in [4.78, 5) is 15.8. The molecule has 0 fully saturated rings. The first-order valence-corrected chi connectivity index (χ1v) is 6.80. The van der Waals surface area contributed by atoms with Crippen LogP contribution in [0.15, 0.2) is 73.1 Å². The molecule has 0 aliphatic heterocycles. The Labute approximate surface area is 127 Å². The zero-order chi connectivity index (χ0) is 15.4. The van der Waals surface area contributed by atoms with Gasteiger partial charge in [0.25, 0.3) is 5.91 Å². The maximum Gasteiger partial charge on any atom is 0.255 e. The van der Waals surface area contributed by atoms with Crippen molar-refractivity contribution in [2.24, 2.45) is 0 Å². The third-order valence-corrected chi connectivity index (χ3v) is 3.22. The Balaban J connectivity index is 1.76. The first-order valence-electron chi connectivity index (χ1n) is 6.80. The highest BCUT2D eigenvalue weighted by molar-refractivity contribution is 6.04. The monoisotopic (exact) mass is 292 g/mol. The lowest BCUT2D eigenvalue weighted by molar-refractivity contribution is 0.102.